The minimum Gasteiger partial charge on any atom is -0.468 e. The fourth-order valence-corrected chi connectivity index (χ4v) is 1.25. The van der Waals surface area contributed by atoms with Crippen LogP contribution in [0.3, 0.4) is 0 Å². The van der Waals surface area contributed by atoms with Crippen molar-refractivity contribution in [2.24, 2.45) is 0 Å². The number of amides is 3. The van der Waals surface area contributed by atoms with Crippen molar-refractivity contribution in [1.82, 2.24) is 15.5 Å². The van der Waals surface area contributed by atoms with Gasteiger partial charge in [-0.3, -0.25) is 19.8 Å². The molecule has 104 valence electrons. The van der Waals surface area contributed by atoms with Crippen LogP contribution in [0.2, 0.25) is 0 Å². The molecule has 18 heavy (non-hydrogen) atoms. The lowest BCUT2D eigenvalue weighted by atomic mass is 10.2. The van der Waals surface area contributed by atoms with E-state index in [4.69, 9.17) is 0 Å². The van der Waals surface area contributed by atoms with Gasteiger partial charge in [-0.25, -0.2) is 4.79 Å². The average molecular weight is 259 g/mol. The van der Waals surface area contributed by atoms with Crippen LogP contribution in [0.1, 0.15) is 20.3 Å². The molecule has 0 bridgehead atoms. The lowest BCUT2D eigenvalue weighted by Crippen LogP contribution is -2.41. The number of carbonyl (C=O) groups is 3. The van der Waals surface area contributed by atoms with E-state index in [1.54, 1.807) is 4.90 Å². The van der Waals surface area contributed by atoms with E-state index in [0.29, 0.717) is 6.54 Å². The minimum absolute atomic E-state index is 0.108. The van der Waals surface area contributed by atoms with Crippen LogP contribution >= 0.6 is 0 Å². The topological polar surface area (TPSA) is 87.7 Å². The third-order valence-corrected chi connectivity index (χ3v) is 2.40. The van der Waals surface area contributed by atoms with Gasteiger partial charge in [0.25, 0.3) is 0 Å². The monoisotopic (exact) mass is 259 g/mol. The number of methoxy groups -OCH3 is 1. The van der Waals surface area contributed by atoms with Crippen LogP contribution in [0.25, 0.3) is 0 Å². The van der Waals surface area contributed by atoms with Gasteiger partial charge in [0.2, 0.25) is 5.91 Å². The maximum Gasteiger partial charge on any atom is 0.321 e. The molecule has 0 heterocycles. The van der Waals surface area contributed by atoms with Crippen LogP contribution in [0.5, 0.6) is 0 Å². The third-order valence-electron chi connectivity index (χ3n) is 2.40. The first-order valence-corrected chi connectivity index (χ1v) is 5.73. The largest absolute Gasteiger partial charge is 0.468 e. The molecule has 0 aliphatic carbocycles. The lowest BCUT2D eigenvalue weighted by molar-refractivity contribution is -0.142. The zero-order valence-corrected chi connectivity index (χ0v) is 11.3. The van der Waals surface area contributed by atoms with Crippen molar-refractivity contribution in [2.75, 3.05) is 27.2 Å². The Morgan fingerprint density at radius 1 is 1.28 bits per heavy atom. The van der Waals surface area contributed by atoms with Crippen molar-refractivity contribution in [1.29, 1.82) is 0 Å². The summed E-state index contributed by atoms with van der Waals surface area (Å²) in [5, 5.41) is 4.45. The Hall–Kier alpha value is -1.63. The van der Waals surface area contributed by atoms with Crippen LogP contribution in [0, 0.1) is 0 Å². The van der Waals surface area contributed by atoms with Crippen LogP contribution in [0.15, 0.2) is 0 Å². The SMILES string of the molecule is CNC(=O)NC(=O)CCN(CC(=O)OC)C(C)C. The first-order valence-electron chi connectivity index (χ1n) is 5.73. The van der Waals surface area contributed by atoms with E-state index in [2.05, 4.69) is 15.4 Å². The standard InChI is InChI=1S/C11H21N3O4/c1-8(2)14(7-10(16)18-4)6-5-9(15)13-11(17)12-3/h8H,5-7H2,1-4H3,(H2,12,13,15,17). The third kappa shape index (κ3) is 6.85. The van der Waals surface area contributed by atoms with Gasteiger partial charge >= 0.3 is 12.0 Å². The highest BCUT2D eigenvalue weighted by Gasteiger charge is 2.16. The molecule has 0 radical (unpaired) electrons. The molecule has 0 fully saturated rings. The smallest absolute Gasteiger partial charge is 0.321 e. The minimum atomic E-state index is -0.538. The molecule has 0 aromatic rings. The van der Waals surface area contributed by atoms with Gasteiger partial charge in [0.05, 0.1) is 13.7 Å². The normalized spacial score (nSPS) is 10.3. The second-order valence-corrected chi connectivity index (χ2v) is 4.02. The van der Waals surface area contributed by atoms with E-state index < -0.39 is 6.03 Å². The van der Waals surface area contributed by atoms with Crippen molar-refractivity contribution >= 4 is 17.9 Å². The first-order chi connectivity index (χ1) is 8.40. The molecule has 0 saturated heterocycles. The Bertz CT molecular complexity index is 305. The summed E-state index contributed by atoms with van der Waals surface area (Å²) in [6.07, 6.45) is 0.141. The van der Waals surface area contributed by atoms with Gasteiger partial charge in [0.1, 0.15) is 0 Å². The molecule has 0 unspecified atom stereocenters. The highest BCUT2D eigenvalue weighted by Crippen LogP contribution is 2.00. The average Bonchev–Trinajstić information content (AvgIpc) is 2.33. The number of nitrogens with one attached hydrogen (secondary N) is 2. The van der Waals surface area contributed by atoms with Crippen LogP contribution in [-0.4, -0.2) is 56.1 Å². The van der Waals surface area contributed by atoms with Gasteiger partial charge in [0.15, 0.2) is 0 Å². The van der Waals surface area contributed by atoms with Gasteiger partial charge in [-0.15, -0.1) is 0 Å². The Kier molecular flexibility index (Phi) is 7.69. The molecular formula is C11H21N3O4. The quantitative estimate of drug-likeness (QED) is 0.640. The van der Waals surface area contributed by atoms with Crippen LogP contribution < -0.4 is 10.6 Å². The number of rotatable bonds is 6. The Labute approximate surface area is 107 Å². The fraction of sp³-hybridized carbons (Fsp3) is 0.727. The zero-order valence-electron chi connectivity index (χ0n) is 11.3. The molecule has 2 N–H and O–H groups in total. The molecule has 0 aromatic carbocycles. The number of esters is 1. The van der Waals surface area contributed by atoms with Gasteiger partial charge in [-0.1, -0.05) is 0 Å². The summed E-state index contributed by atoms with van der Waals surface area (Å²) in [5.74, 6) is -0.736. The fourth-order valence-electron chi connectivity index (χ4n) is 1.25. The molecule has 3 amide bonds. The highest BCUT2D eigenvalue weighted by atomic mass is 16.5. The number of nitrogens with zero attached hydrogens (tertiary/aromatic N) is 1. The van der Waals surface area contributed by atoms with Crippen molar-refractivity contribution in [3.8, 4) is 0 Å². The molecule has 0 aliphatic heterocycles. The second-order valence-electron chi connectivity index (χ2n) is 4.02. The Balaban J connectivity index is 4.15. The Morgan fingerprint density at radius 3 is 2.33 bits per heavy atom. The Morgan fingerprint density at radius 2 is 1.89 bits per heavy atom. The zero-order chi connectivity index (χ0) is 14.1. The summed E-state index contributed by atoms with van der Waals surface area (Å²) < 4.78 is 4.57. The second kappa shape index (κ2) is 8.46. The van der Waals surface area contributed by atoms with Crippen molar-refractivity contribution in [3.63, 3.8) is 0 Å². The maximum absolute atomic E-state index is 11.4. The number of hydrogen-bond acceptors (Lipinski definition) is 5. The van der Waals surface area contributed by atoms with Crippen LogP contribution in [-0.2, 0) is 14.3 Å². The predicted octanol–water partition coefficient (Wildman–Crippen LogP) is -0.284. The molecule has 0 aliphatic rings. The number of urea groups is 1. The van der Waals surface area contributed by atoms with Gasteiger partial charge in [-0.2, -0.15) is 0 Å². The molecule has 0 aromatic heterocycles. The van der Waals surface area contributed by atoms with Crippen molar-refractivity contribution < 1.29 is 19.1 Å². The number of carbonyl (C=O) groups excluding carboxylic acids is 3. The number of hydrogen-bond donors (Lipinski definition) is 2. The molecule has 0 saturated carbocycles. The van der Waals surface area contributed by atoms with E-state index in [9.17, 15) is 14.4 Å². The van der Waals surface area contributed by atoms with E-state index >= 15 is 0 Å². The van der Waals surface area contributed by atoms with Gasteiger partial charge in [-0.05, 0) is 13.8 Å². The molecule has 0 spiro atoms. The van der Waals surface area contributed by atoms with Crippen molar-refractivity contribution in [2.45, 2.75) is 26.3 Å². The van der Waals surface area contributed by atoms with E-state index in [1.165, 1.54) is 14.2 Å². The summed E-state index contributed by atoms with van der Waals surface area (Å²) in [7, 11) is 2.75. The molecule has 7 heteroatoms. The summed E-state index contributed by atoms with van der Waals surface area (Å²) >= 11 is 0. The molecule has 0 atom stereocenters. The van der Waals surface area contributed by atoms with E-state index in [1.807, 2.05) is 13.8 Å². The molecule has 7 nitrogen and oxygen atoms in total. The predicted molar refractivity (Wildman–Crippen MR) is 65.9 cm³/mol. The lowest BCUT2D eigenvalue weighted by Gasteiger charge is -2.24. The number of imide groups is 1. The van der Waals surface area contributed by atoms with Gasteiger partial charge in [0, 0.05) is 26.1 Å². The van der Waals surface area contributed by atoms with Gasteiger partial charge < -0.3 is 10.1 Å². The number of ether oxygens (including phenoxy) is 1. The van der Waals surface area contributed by atoms with Crippen LogP contribution in [0.4, 0.5) is 4.79 Å². The van der Waals surface area contributed by atoms with E-state index in [-0.39, 0.29) is 30.9 Å². The van der Waals surface area contributed by atoms with Crippen molar-refractivity contribution in [3.05, 3.63) is 0 Å². The highest BCUT2D eigenvalue weighted by molar-refractivity contribution is 5.94. The summed E-state index contributed by atoms with van der Waals surface area (Å²) in [5.41, 5.74) is 0. The summed E-state index contributed by atoms with van der Waals surface area (Å²) in [4.78, 5) is 35.2. The maximum atomic E-state index is 11.4. The molecular weight excluding hydrogens is 238 g/mol. The summed E-state index contributed by atoms with van der Waals surface area (Å²) in [6, 6.07) is -0.430. The van der Waals surface area contributed by atoms with E-state index in [0.717, 1.165) is 0 Å². The first kappa shape index (κ1) is 16.4. The summed E-state index contributed by atoms with van der Waals surface area (Å²) in [6.45, 7) is 4.34. The molecule has 0 rings (SSSR count).